The van der Waals surface area contributed by atoms with E-state index in [1.165, 1.54) is 12.8 Å². The number of anilines is 1. The molecule has 38 heavy (non-hydrogen) atoms. The Kier molecular flexibility index (Phi) is 9.82. The summed E-state index contributed by atoms with van der Waals surface area (Å²) >= 11 is 6.02. The zero-order chi connectivity index (χ0) is 26.9. The number of nitrogens with zero attached hydrogens (tertiary/aromatic N) is 5. The molecule has 2 amide bonds. The van der Waals surface area contributed by atoms with E-state index in [1.807, 2.05) is 5.01 Å². The lowest BCUT2D eigenvalue weighted by Crippen LogP contribution is -2.49. The number of ether oxygens (including phenoxy) is 1. The number of amides is 2. The number of nitriles is 1. The number of hydrazine groups is 1. The molecule has 2 aliphatic heterocycles. The number of likely N-dealkylation sites (tertiary alicyclic amines) is 1. The van der Waals surface area contributed by atoms with Crippen molar-refractivity contribution in [3.8, 4) is 17.6 Å². The van der Waals surface area contributed by atoms with Crippen molar-refractivity contribution in [3.05, 3.63) is 53.1 Å². The molecular formula is C28H35ClN6O3. The summed E-state index contributed by atoms with van der Waals surface area (Å²) in [6.45, 7) is 5.03. The molecular weight excluding hydrogens is 504 g/mol. The molecule has 0 atom stereocenters. The van der Waals surface area contributed by atoms with Gasteiger partial charge in [0.25, 0.3) is 5.91 Å². The van der Waals surface area contributed by atoms with Crippen LogP contribution in [-0.2, 0) is 9.59 Å². The molecule has 0 bridgehead atoms. The Bertz CT molecular complexity index is 1140. The average Bonchev–Trinajstić information content (AvgIpc) is 3.64. The Morgan fingerprint density at radius 1 is 1.03 bits per heavy atom. The maximum absolute atomic E-state index is 13.3. The maximum Gasteiger partial charge on any atom is 0.256 e. The summed E-state index contributed by atoms with van der Waals surface area (Å²) in [5, 5.41) is 16.8. The summed E-state index contributed by atoms with van der Waals surface area (Å²) in [5.74, 6) is 0.654. The highest BCUT2D eigenvalue weighted by Gasteiger charge is 2.26. The van der Waals surface area contributed by atoms with Gasteiger partial charge in [0.2, 0.25) is 5.91 Å². The highest BCUT2D eigenvalue weighted by atomic mass is 35.5. The summed E-state index contributed by atoms with van der Waals surface area (Å²) in [4.78, 5) is 30.4. The van der Waals surface area contributed by atoms with Crippen molar-refractivity contribution in [3.63, 3.8) is 0 Å². The SMILES string of the molecule is CN(C(=O)CN(CC(=O)NCCN1CCCC1)c1cc(C#N)ccc1Oc1ccc(Cl)cc1)N1CCCC1. The van der Waals surface area contributed by atoms with Crippen LogP contribution in [0.1, 0.15) is 31.2 Å². The van der Waals surface area contributed by atoms with Crippen molar-refractivity contribution >= 4 is 29.1 Å². The second-order valence-electron chi connectivity index (χ2n) is 9.68. The van der Waals surface area contributed by atoms with Gasteiger partial charge in [-0.2, -0.15) is 5.26 Å². The molecule has 0 saturated carbocycles. The van der Waals surface area contributed by atoms with Crippen LogP contribution in [0.5, 0.6) is 11.5 Å². The zero-order valence-electron chi connectivity index (χ0n) is 21.9. The topological polar surface area (TPSA) is 92.2 Å². The molecule has 202 valence electrons. The van der Waals surface area contributed by atoms with Crippen molar-refractivity contribution in [2.24, 2.45) is 0 Å². The second-order valence-corrected chi connectivity index (χ2v) is 10.1. The van der Waals surface area contributed by atoms with E-state index in [2.05, 4.69) is 16.3 Å². The third kappa shape index (κ3) is 7.60. The molecule has 0 unspecified atom stereocenters. The molecule has 2 aromatic rings. The van der Waals surface area contributed by atoms with Crippen LogP contribution in [0.4, 0.5) is 5.69 Å². The maximum atomic E-state index is 13.3. The van der Waals surface area contributed by atoms with Gasteiger partial charge in [-0.25, -0.2) is 5.01 Å². The first-order valence-corrected chi connectivity index (χ1v) is 13.5. The highest BCUT2D eigenvalue weighted by Crippen LogP contribution is 2.34. The Morgan fingerprint density at radius 2 is 1.71 bits per heavy atom. The van der Waals surface area contributed by atoms with Crippen LogP contribution in [0.3, 0.4) is 0 Å². The highest BCUT2D eigenvalue weighted by molar-refractivity contribution is 6.30. The number of benzene rings is 2. The smallest absolute Gasteiger partial charge is 0.256 e. The minimum Gasteiger partial charge on any atom is -0.455 e. The number of halogens is 1. The van der Waals surface area contributed by atoms with Crippen LogP contribution in [0, 0.1) is 11.3 Å². The van der Waals surface area contributed by atoms with E-state index < -0.39 is 0 Å². The minimum atomic E-state index is -0.194. The molecule has 10 heteroatoms. The van der Waals surface area contributed by atoms with Crippen molar-refractivity contribution in [1.82, 2.24) is 20.2 Å². The van der Waals surface area contributed by atoms with Gasteiger partial charge in [-0.05, 0) is 81.2 Å². The van der Waals surface area contributed by atoms with E-state index in [0.29, 0.717) is 34.3 Å². The third-order valence-corrected chi connectivity index (χ3v) is 7.20. The van der Waals surface area contributed by atoms with E-state index in [-0.39, 0.29) is 24.9 Å². The number of nitrogens with one attached hydrogen (secondary N) is 1. The van der Waals surface area contributed by atoms with Gasteiger partial charge in [0.05, 0.1) is 30.4 Å². The molecule has 2 aromatic carbocycles. The first-order valence-electron chi connectivity index (χ1n) is 13.2. The lowest BCUT2D eigenvalue weighted by molar-refractivity contribution is -0.142. The number of likely N-dealkylation sites (N-methyl/N-ethyl adjacent to an activating group) is 1. The fraction of sp³-hybridized carbons (Fsp3) is 0.464. The lowest BCUT2D eigenvalue weighted by atomic mass is 10.1. The minimum absolute atomic E-state index is 0.0432. The van der Waals surface area contributed by atoms with Gasteiger partial charge in [0.15, 0.2) is 5.75 Å². The Labute approximate surface area is 229 Å². The van der Waals surface area contributed by atoms with E-state index in [0.717, 1.165) is 45.6 Å². The molecule has 2 heterocycles. The number of hydrogen-bond acceptors (Lipinski definition) is 7. The summed E-state index contributed by atoms with van der Waals surface area (Å²) in [5.41, 5.74) is 0.903. The predicted octanol–water partition coefficient (Wildman–Crippen LogP) is 3.49. The van der Waals surface area contributed by atoms with Gasteiger partial charge in [-0.3, -0.25) is 14.6 Å². The van der Waals surface area contributed by atoms with Crippen molar-refractivity contribution < 1.29 is 14.3 Å². The molecule has 4 rings (SSSR count). The molecule has 2 fully saturated rings. The summed E-state index contributed by atoms with van der Waals surface area (Å²) < 4.78 is 6.13. The van der Waals surface area contributed by atoms with E-state index in [9.17, 15) is 14.9 Å². The lowest BCUT2D eigenvalue weighted by Gasteiger charge is -2.32. The Balaban J connectivity index is 1.55. The largest absolute Gasteiger partial charge is 0.455 e. The molecule has 1 N–H and O–H groups in total. The molecule has 0 aromatic heterocycles. The van der Waals surface area contributed by atoms with Crippen molar-refractivity contribution in [2.75, 3.05) is 64.3 Å². The van der Waals surface area contributed by atoms with Crippen LogP contribution in [-0.4, -0.2) is 86.1 Å². The quantitative estimate of drug-likeness (QED) is 0.468. The van der Waals surface area contributed by atoms with Gasteiger partial charge in [-0.15, -0.1) is 0 Å². The van der Waals surface area contributed by atoms with Gasteiger partial charge in [-0.1, -0.05) is 11.6 Å². The predicted molar refractivity (Wildman–Crippen MR) is 147 cm³/mol. The van der Waals surface area contributed by atoms with E-state index >= 15 is 0 Å². The third-order valence-electron chi connectivity index (χ3n) is 6.95. The second kappa shape index (κ2) is 13.5. The van der Waals surface area contributed by atoms with Gasteiger partial charge < -0.3 is 19.9 Å². The fourth-order valence-electron chi connectivity index (χ4n) is 4.79. The van der Waals surface area contributed by atoms with Gasteiger partial charge >= 0.3 is 0 Å². The first-order chi connectivity index (χ1) is 18.4. The van der Waals surface area contributed by atoms with E-state index in [1.54, 1.807) is 59.4 Å². The molecule has 2 saturated heterocycles. The standard InChI is InChI=1S/C28H35ClN6O3/c1-32(35-15-4-5-16-35)28(37)21-34(20-27(36)31-12-17-33-13-2-3-14-33)25-18-22(19-30)6-11-26(25)38-24-9-7-23(29)8-10-24/h6-11,18H,2-5,12-17,20-21H2,1H3,(H,31,36). The van der Waals surface area contributed by atoms with Gasteiger partial charge in [0, 0.05) is 38.2 Å². The zero-order valence-corrected chi connectivity index (χ0v) is 22.6. The van der Waals surface area contributed by atoms with Crippen LogP contribution in [0.2, 0.25) is 5.02 Å². The number of hydrogen-bond donors (Lipinski definition) is 1. The van der Waals surface area contributed by atoms with Crippen LogP contribution >= 0.6 is 11.6 Å². The summed E-state index contributed by atoms with van der Waals surface area (Å²) in [6, 6.07) is 14.1. The number of carbonyl (C=O) groups is 2. The fourth-order valence-corrected chi connectivity index (χ4v) is 4.91. The van der Waals surface area contributed by atoms with Crippen molar-refractivity contribution in [1.29, 1.82) is 5.26 Å². The molecule has 0 spiro atoms. The van der Waals surface area contributed by atoms with Crippen molar-refractivity contribution in [2.45, 2.75) is 25.7 Å². The van der Waals surface area contributed by atoms with Gasteiger partial charge in [0.1, 0.15) is 5.75 Å². The van der Waals surface area contributed by atoms with Crippen LogP contribution in [0.15, 0.2) is 42.5 Å². The molecule has 0 aliphatic carbocycles. The normalized spacial score (nSPS) is 15.7. The Hall–Kier alpha value is -3.32. The van der Waals surface area contributed by atoms with E-state index in [4.69, 9.17) is 16.3 Å². The molecule has 9 nitrogen and oxygen atoms in total. The van der Waals surface area contributed by atoms with Crippen LogP contribution in [0.25, 0.3) is 0 Å². The first kappa shape index (κ1) is 27.7. The Morgan fingerprint density at radius 3 is 2.39 bits per heavy atom. The average molecular weight is 539 g/mol. The van der Waals surface area contributed by atoms with Crippen LogP contribution < -0.4 is 15.0 Å². The summed E-state index contributed by atoms with van der Waals surface area (Å²) in [7, 11) is 1.76. The molecule has 2 aliphatic rings. The number of carbonyl (C=O) groups excluding carboxylic acids is 2. The number of rotatable bonds is 11. The molecule has 0 radical (unpaired) electrons. The monoisotopic (exact) mass is 538 g/mol. The summed E-state index contributed by atoms with van der Waals surface area (Å²) in [6.07, 6.45) is 4.48.